The van der Waals surface area contributed by atoms with E-state index >= 15 is 0 Å². The monoisotopic (exact) mass is 1230 g/mol. The Kier molecular flexibility index (Phi) is 24.6. The molecule has 2 amide bonds. The molecule has 35 atom stereocenters. The van der Waals surface area contributed by atoms with Gasteiger partial charge in [-0.25, -0.2) is 0 Å². The summed E-state index contributed by atoms with van der Waals surface area (Å²) in [5.74, 6) is -1.62. The summed E-state index contributed by atoms with van der Waals surface area (Å²) >= 11 is 0. The van der Waals surface area contributed by atoms with E-state index in [1.54, 1.807) is 0 Å². The predicted molar refractivity (Wildman–Crippen MR) is 255 cm³/mol. The molecule has 7 aliphatic rings. The summed E-state index contributed by atoms with van der Waals surface area (Å²) in [4.78, 5) is 24.7. The van der Waals surface area contributed by atoms with Gasteiger partial charge in [-0.3, -0.25) is 9.59 Å². The Balaban J connectivity index is 1.20. The van der Waals surface area contributed by atoms with Crippen molar-refractivity contribution in [3.05, 3.63) is 0 Å². The van der Waals surface area contributed by atoms with Gasteiger partial charge < -0.3 is 179 Å². The first-order valence-corrected chi connectivity index (χ1v) is 26.6. The van der Waals surface area contributed by atoms with Crippen LogP contribution in [0.15, 0.2) is 0 Å². The lowest BCUT2D eigenvalue weighted by Crippen LogP contribution is -2.70. The van der Waals surface area contributed by atoms with Crippen LogP contribution in [0.1, 0.15) is 13.8 Å². The fraction of sp³-hybridized carbons (Fsp3) is 0.957. The number of amides is 2. The number of aliphatic hydroxyl groups excluding tert-OH is 21. The van der Waals surface area contributed by atoms with Crippen LogP contribution in [0.4, 0.5) is 0 Å². The molecule has 0 radical (unpaired) electrons. The quantitative estimate of drug-likeness (QED) is 0.0507. The lowest BCUT2D eigenvalue weighted by molar-refractivity contribution is -0.398. The highest BCUT2D eigenvalue weighted by Gasteiger charge is 2.59. The minimum absolute atomic E-state index is 0.744. The van der Waals surface area contributed by atoms with Gasteiger partial charge >= 0.3 is 0 Å². The van der Waals surface area contributed by atoms with Gasteiger partial charge in [0.1, 0.15) is 171 Å². The second-order valence-corrected chi connectivity index (χ2v) is 21.1. The lowest BCUT2D eigenvalue weighted by atomic mass is 9.94. The number of nitrogens with one attached hydrogen (secondary N) is 2. The highest BCUT2D eigenvalue weighted by atomic mass is 16.8. The van der Waals surface area contributed by atoms with Crippen LogP contribution < -0.4 is 10.6 Å². The molecule has 0 unspecified atom stereocenters. The van der Waals surface area contributed by atoms with Crippen molar-refractivity contribution >= 4 is 11.8 Å². The lowest BCUT2D eigenvalue weighted by Gasteiger charge is -2.50. The Labute approximate surface area is 475 Å². The zero-order valence-corrected chi connectivity index (χ0v) is 44.7. The summed E-state index contributed by atoms with van der Waals surface area (Å²) in [6.45, 7) is -5.04. The first kappa shape index (κ1) is 69.1. The Morgan fingerprint density at radius 2 is 0.643 bits per heavy atom. The van der Waals surface area contributed by atoms with Gasteiger partial charge in [0.15, 0.2) is 44.0 Å². The third kappa shape index (κ3) is 14.7. The molecule has 0 aromatic heterocycles. The molecule has 7 fully saturated rings. The van der Waals surface area contributed by atoms with Crippen molar-refractivity contribution in [3.63, 3.8) is 0 Å². The molecule has 7 saturated heterocycles. The first-order valence-electron chi connectivity index (χ1n) is 26.6. The van der Waals surface area contributed by atoms with Crippen LogP contribution in [0, 0.1) is 0 Å². The highest BCUT2D eigenvalue weighted by Crippen LogP contribution is 2.38. The van der Waals surface area contributed by atoms with E-state index in [4.69, 9.17) is 61.6 Å². The van der Waals surface area contributed by atoms with Crippen molar-refractivity contribution in [2.24, 2.45) is 0 Å². The van der Waals surface area contributed by atoms with E-state index in [1.807, 2.05) is 0 Å². The SMILES string of the molecule is CC(=O)N[C@@H]1[C@@H](O)[C@H](O[C@@H]2O[C@H](CO)[C@@H](O[C@@H]3O[C@H](CO[C@H]4O[C@H](CO)[C@@H](O)[C@H](O[C@H]5O[C@H](CO)[C@@H](O)[C@H](O)[C@@H]5O)[C@@H]4O)[C@@H](O)[C@H](O[C@@H]4O[C@H](CO)[C@@H](O)[C@H](O)[C@@H]4O[C@H]4O[C@H](CO)[C@@H](O)[C@H](O)[C@@H]4O)[C@@H]3O)[C@H](O)[C@H]2NC(C)=O)[C@@H](CO)O[C@H]1O. The average Bonchev–Trinajstić information content (AvgIpc) is 2.62. The fourth-order valence-corrected chi connectivity index (χ4v) is 10.7. The molecule has 0 bridgehead atoms. The van der Waals surface area contributed by atoms with Crippen molar-refractivity contribution in [1.82, 2.24) is 10.6 Å². The topological polar surface area (TPSA) is 603 Å². The van der Waals surface area contributed by atoms with Crippen molar-refractivity contribution in [3.8, 4) is 0 Å². The zero-order chi connectivity index (χ0) is 61.9. The summed E-state index contributed by atoms with van der Waals surface area (Å²) in [5.41, 5.74) is 0. The normalized spacial score (nSPS) is 50.3. The van der Waals surface area contributed by atoms with E-state index < -0.39 is 273 Å². The Morgan fingerprint density at radius 3 is 1.14 bits per heavy atom. The molecule has 0 saturated carbocycles. The number of ether oxygens (including phenoxy) is 13. The summed E-state index contributed by atoms with van der Waals surface area (Å²) < 4.78 is 74.6. The number of carbonyl (C=O) groups is 2. The third-order valence-corrected chi connectivity index (χ3v) is 15.3. The van der Waals surface area contributed by atoms with E-state index in [-0.39, 0.29) is 0 Å². The van der Waals surface area contributed by atoms with Crippen LogP contribution in [-0.2, 0) is 71.2 Å². The van der Waals surface area contributed by atoms with Gasteiger partial charge in [-0.2, -0.15) is 0 Å². The zero-order valence-electron chi connectivity index (χ0n) is 44.7. The molecule has 7 heterocycles. The minimum atomic E-state index is -2.41. The minimum Gasteiger partial charge on any atom is -0.394 e. The molecule has 7 aliphatic heterocycles. The number of hydrogen-bond acceptors (Lipinski definition) is 36. The second kappa shape index (κ2) is 29.9. The smallest absolute Gasteiger partial charge is 0.217 e. The maximum absolute atomic E-state index is 12.7. The summed E-state index contributed by atoms with van der Waals surface area (Å²) in [5, 5.41) is 232. The van der Waals surface area contributed by atoms with Gasteiger partial charge in [0.25, 0.3) is 0 Å². The van der Waals surface area contributed by atoms with E-state index in [2.05, 4.69) is 10.6 Å². The van der Waals surface area contributed by atoms with E-state index in [0.717, 1.165) is 13.8 Å². The molecule has 38 heteroatoms. The number of hydrogen-bond donors (Lipinski definition) is 23. The number of aliphatic hydroxyl groups is 21. The molecular formula is C46H78N2O36. The third-order valence-electron chi connectivity index (χ3n) is 15.3. The molecule has 0 aromatic rings. The van der Waals surface area contributed by atoms with Crippen molar-refractivity contribution < 1.29 is 178 Å². The van der Waals surface area contributed by atoms with Crippen LogP contribution in [0.5, 0.6) is 0 Å². The van der Waals surface area contributed by atoms with E-state index in [1.165, 1.54) is 0 Å². The summed E-state index contributed by atoms with van der Waals surface area (Å²) in [6.07, 6.45) is -65.9. The van der Waals surface area contributed by atoms with Gasteiger partial charge in [-0.05, 0) is 0 Å². The Hall–Kier alpha value is -2.42. The molecule has 0 spiro atoms. The van der Waals surface area contributed by atoms with Crippen LogP contribution in [0.25, 0.3) is 0 Å². The summed E-state index contributed by atoms with van der Waals surface area (Å²) in [7, 11) is 0. The van der Waals surface area contributed by atoms with Crippen LogP contribution in [0.2, 0.25) is 0 Å². The maximum Gasteiger partial charge on any atom is 0.217 e. The maximum atomic E-state index is 12.7. The van der Waals surface area contributed by atoms with E-state index in [0.29, 0.717) is 0 Å². The van der Waals surface area contributed by atoms with E-state index in [9.17, 15) is 117 Å². The van der Waals surface area contributed by atoms with Crippen molar-refractivity contribution in [1.29, 1.82) is 0 Å². The van der Waals surface area contributed by atoms with Gasteiger partial charge in [0.05, 0.1) is 46.2 Å². The number of rotatable bonds is 21. The molecule has 0 aromatic carbocycles. The van der Waals surface area contributed by atoms with Crippen LogP contribution in [-0.4, -0.2) is 380 Å². The Bertz CT molecular complexity index is 2060. The molecule has 7 rings (SSSR count). The molecule has 0 aliphatic carbocycles. The summed E-state index contributed by atoms with van der Waals surface area (Å²) in [6, 6.07) is -3.40. The van der Waals surface area contributed by atoms with Crippen molar-refractivity contribution in [2.75, 3.05) is 46.2 Å². The molecule has 38 nitrogen and oxygen atoms in total. The predicted octanol–water partition coefficient (Wildman–Crippen LogP) is -16.0. The van der Waals surface area contributed by atoms with Gasteiger partial charge in [-0.15, -0.1) is 0 Å². The van der Waals surface area contributed by atoms with Gasteiger partial charge in [-0.1, -0.05) is 0 Å². The number of carbonyl (C=O) groups excluding carboxylic acids is 2. The standard InChI is InChI=1S/C46H78N2O36/c1-10(55)47-19-26(62)35(16(7-53)73-40(19)71)80-41-20(48-11(2)56)27(63)36(17(8-54)78-41)81-45-34(70)38(83-46-39(30(66)23(59)14(5-51)77-46)84-44-32(68)29(65)22(58)13(4-50)76-44)25(61)18(79-45)9-72-42-33(69)37(24(60)15(6-52)74-42)82-43-31(67)28(64)21(57)12(3-49)75-43/h12-46,49-54,57-71H,3-9H2,1-2H3,(H,47,55)(H,48,56)/t12-,13-,14-,15-,16-,17-,18-,19-,20-,21-,22-,23-,24-,25-,26-,27-,28+,29+,30+,31+,32+,33+,34+,35-,36-,37+,38+,39+,40-,41+,42+,43-,44-,45+,46+/m1/s1. The molecule has 23 N–H and O–H groups in total. The van der Waals surface area contributed by atoms with Crippen molar-refractivity contribution in [2.45, 2.75) is 229 Å². The first-order chi connectivity index (χ1) is 39.7. The van der Waals surface area contributed by atoms with Crippen LogP contribution in [0.3, 0.4) is 0 Å². The average molecular weight is 1240 g/mol. The Morgan fingerprint density at radius 1 is 0.310 bits per heavy atom. The van der Waals surface area contributed by atoms with Gasteiger partial charge in [0, 0.05) is 13.8 Å². The second-order valence-electron chi connectivity index (χ2n) is 21.1. The fourth-order valence-electron chi connectivity index (χ4n) is 10.7. The molecule has 84 heavy (non-hydrogen) atoms. The van der Waals surface area contributed by atoms with Gasteiger partial charge in [0.2, 0.25) is 11.8 Å². The highest BCUT2D eigenvalue weighted by molar-refractivity contribution is 5.73. The molecular weight excluding hydrogens is 1160 g/mol. The largest absolute Gasteiger partial charge is 0.394 e. The molecule has 488 valence electrons. The van der Waals surface area contributed by atoms with Crippen LogP contribution >= 0.6 is 0 Å².